The molecule has 1 saturated heterocycles. The molecule has 2 fully saturated rings. The van der Waals surface area contributed by atoms with Crippen molar-refractivity contribution in [1.29, 1.82) is 0 Å². The summed E-state index contributed by atoms with van der Waals surface area (Å²) in [6, 6.07) is 0.557. The second-order valence-corrected chi connectivity index (χ2v) is 6.04. The van der Waals surface area contributed by atoms with Crippen LogP contribution in [0, 0.1) is 5.92 Å². The summed E-state index contributed by atoms with van der Waals surface area (Å²) in [5.74, 6) is 1.04. The first-order chi connectivity index (χ1) is 8.77. The molecule has 0 spiro atoms. The molecule has 2 aliphatic rings. The molecule has 0 radical (unpaired) electrons. The Labute approximate surface area is 111 Å². The molecule has 0 aromatic carbocycles. The fourth-order valence-corrected chi connectivity index (χ4v) is 3.27. The van der Waals surface area contributed by atoms with Gasteiger partial charge in [-0.2, -0.15) is 0 Å². The van der Waals surface area contributed by atoms with Gasteiger partial charge in [-0.3, -0.25) is 4.79 Å². The van der Waals surface area contributed by atoms with E-state index >= 15 is 0 Å². The quantitative estimate of drug-likeness (QED) is 0.783. The molecule has 2 atom stereocenters. The van der Waals surface area contributed by atoms with Crippen LogP contribution in [0.5, 0.6) is 0 Å². The summed E-state index contributed by atoms with van der Waals surface area (Å²) in [6.45, 7) is 4.82. The molecule has 104 valence electrons. The fraction of sp³-hybridized carbons (Fsp3) is 0.933. The zero-order valence-corrected chi connectivity index (χ0v) is 11.8. The van der Waals surface area contributed by atoms with E-state index in [9.17, 15) is 4.79 Å². The zero-order valence-electron chi connectivity index (χ0n) is 11.8. The Bertz CT molecular complexity index is 261. The third kappa shape index (κ3) is 3.98. The molecule has 3 nitrogen and oxygen atoms in total. The van der Waals surface area contributed by atoms with Crippen molar-refractivity contribution in [1.82, 2.24) is 10.2 Å². The minimum absolute atomic E-state index is 0.311. The maximum absolute atomic E-state index is 12.1. The van der Waals surface area contributed by atoms with E-state index < -0.39 is 0 Å². The third-order valence-corrected chi connectivity index (χ3v) is 4.59. The van der Waals surface area contributed by atoms with Crippen LogP contribution >= 0.6 is 0 Å². The Kier molecular flexibility index (Phi) is 5.48. The van der Waals surface area contributed by atoms with Crippen LogP contribution in [-0.4, -0.2) is 36.5 Å². The van der Waals surface area contributed by atoms with Crippen molar-refractivity contribution >= 4 is 5.91 Å². The zero-order chi connectivity index (χ0) is 12.8. The monoisotopic (exact) mass is 252 g/mol. The Balaban J connectivity index is 1.73. The minimum Gasteiger partial charge on any atom is -0.342 e. The van der Waals surface area contributed by atoms with Crippen molar-refractivity contribution in [2.75, 3.05) is 19.6 Å². The average molecular weight is 252 g/mol. The third-order valence-electron chi connectivity index (χ3n) is 4.59. The van der Waals surface area contributed by atoms with Crippen molar-refractivity contribution < 1.29 is 4.79 Å². The molecular weight excluding hydrogens is 224 g/mol. The van der Waals surface area contributed by atoms with Crippen molar-refractivity contribution in [3.8, 4) is 0 Å². The number of carbonyl (C=O) groups is 1. The highest BCUT2D eigenvalue weighted by molar-refractivity contribution is 5.78. The lowest BCUT2D eigenvalue weighted by Gasteiger charge is -2.29. The number of piperidine rings is 1. The lowest BCUT2D eigenvalue weighted by molar-refractivity contribution is -0.131. The summed E-state index contributed by atoms with van der Waals surface area (Å²) in [4.78, 5) is 14.1. The molecule has 1 aliphatic carbocycles. The molecule has 1 saturated carbocycles. The van der Waals surface area contributed by atoms with Gasteiger partial charge in [-0.05, 0) is 38.0 Å². The predicted molar refractivity (Wildman–Crippen MR) is 74.5 cm³/mol. The lowest BCUT2D eigenvalue weighted by Crippen LogP contribution is -2.45. The topological polar surface area (TPSA) is 32.3 Å². The maximum Gasteiger partial charge on any atom is 0.236 e. The van der Waals surface area contributed by atoms with E-state index in [4.69, 9.17) is 0 Å². The van der Waals surface area contributed by atoms with Crippen LogP contribution in [0.2, 0.25) is 0 Å². The van der Waals surface area contributed by atoms with Crippen molar-refractivity contribution in [3.63, 3.8) is 0 Å². The number of hydrogen-bond acceptors (Lipinski definition) is 2. The summed E-state index contributed by atoms with van der Waals surface area (Å²) in [6.07, 6.45) is 10.3. The van der Waals surface area contributed by atoms with Gasteiger partial charge in [-0.15, -0.1) is 0 Å². The van der Waals surface area contributed by atoms with Crippen molar-refractivity contribution in [3.05, 3.63) is 0 Å². The molecule has 2 unspecified atom stereocenters. The van der Waals surface area contributed by atoms with Crippen LogP contribution in [0.4, 0.5) is 0 Å². The molecular formula is C15H28N2O. The summed E-state index contributed by atoms with van der Waals surface area (Å²) in [5.41, 5.74) is 0. The number of nitrogens with zero attached hydrogens (tertiary/aromatic N) is 1. The summed E-state index contributed by atoms with van der Waals surface area (Å²) in [5, 5.41) is 3.52. The standard InChI is InChI=1S/C15H28N2O/c1-13-8-4-2-5-9-14(13)16-12-15(18)17-10-6-3-7-11-17/h13-14,16H,2-12H2,1H3. The molecule has 1 amide bonds. The molecule has 0 aromatic heterocycles. The van der Waals surface area contributed by atoms with E-state index in [1.165, 1.54) is 51.4 Å². The second kappa shape index (κ2) is 7.13. The van der Waals surface area contributed by atoms with Crippen molar-refractivity contribution in [2.45, 2.75) is 64.3 Å². The van der Waals surface area contributed by atoms with Gasteiger partial charge in [0.15, 0.2) is 0 Å². The maximum atomic E-state index is 12.1. The lowest BCUT2D eigenvalue weighted by atomic mass is 9.97. The number of rotatable bonds is 3. The van der Waals surface area contributed by atoms with E-state index in [1.807, 2.05) is 4.90 Å². The SMILES string of the molecule is CC1CCCCCC1NCC(=O)N1CCCCC1. The van der Waals surface area contributed by atoms with Gasteiger partial charge in [-0.25, -0.2) is 0 Å². The first kappa shape index (κ1) is 13.9. The Morgan fingerprint density at radius 2 is 1.72 bits per heavy atom. The van der Waals surface area contributed by atoms with Gasteiger partial charge in [0.05, 0.1) is 6.54 Å². The highest BCUT2D eigenvalue weighted by atomic mass is 16.2. The van der Waals surface area contributed by atoms with E-state index in [2.05, 4.69) is 12.2 Å². The Hall–Kier alpha value is -0.570. The van der Waals surface area contributed by atoms with Gasteiger partial charge in [0, 0.05) is 19.1 Å². The van der Waals surface area contributed by atoms with E-state index in [1.54, 1.807) is 0 Å². The second-order valence-electron chi connectivity index (χ2n) is 6.04. The smallest absolute Gasteiger partial charge is 0.236 e. The van der Waals surface area contributed by atoms with Gasteiger partial charge in [0.1, 0.15) is 0 Å². The molecule has 0 bridgehead atoms. The summed E-state index contributed by atoms with van der Waals surface area (Å²) >= 11 is 0. The number of amides is 1. The Morgan fingerprint density at radius 3 is 2.50 bits per heavy atom. The largest absolute Gasteiger partial charge is 0.342 e. The summed E-state index contributed by atoms with van der Waals surface area (Å²) < 4.78 is 0. The first-order valence-electron chi connectivity index (χ1n) is 7.78. The van der Waals surface area contributed by atoms with Gasteiger partial charge in [0.25, 0.3) is 0 Å². The molecule has 2 rings (SSSR count). The predicted octanol–water partition coefficient (Wildman–Crippen LogP) is 2.56. The van der Waals surface area contributed by atoms with Crippen LogP contribution in [0.3, 0.4) is 0 Å². The minimum atomic E-state index is 0.311. The molecule has 1 aliphatic heterocycles. The molecule has 1 N–H and O–H groups in total. The highest BCUT2D eigenvalue weighted by Gasteiger charge is 2.22. The summed E-state index contributed by atoms with van der Waals surface area (Å²) in [7, 11) is 0. The van der Waals surface area contributed by atoms with Gasteiger partial charge < -0.3 is 10.2 Å². The normalized spacial score (nSPS) is 29.9. The Morgan fingerprint density at radius 1 is 1.06 bits per heavy atom. The highest BCUT2D eigenvalue weighted by Crippen LogP contribution is 2.22. The number of likely N-dealkylation sites (tertiary alicyclic amines) is 1. The molecule has 18 heavy (non-hydrogen) atoms. The molecule has 0 aromatic rings. The molecule has 1 heterocycles. The molecule has 3 heteroatoms. The average Bonchev–Trinajstić information content (AvgIpc) is 2.62. The van der Waals surface area contributed by atoms with Gasteiger partial charge in [0.2, 0.25) is 5.91 Å². The van der Waals surface area contributed by atoms with Gasteiger partial charge in [-0.1, -0.05) is 26.2 Å². The van der Waals surface area contributed by atoms with Crippen molar-refractivity contribution in [2.24, 2.45) is 5.92 Å². The number of hydrogen-bond donors (Lipinski definition) is 1. The van der Waals surface area contributed by atoms with Crippen LogP contribution in [0.1, 0.15) is 58.3 Å². The van der Waals surface area contributed by atoms with E-state index in [0.717, 1.165) is 19.0 Å². The first-order valence-corrected chi connectivity index (χ1v) is 7.78. The number of nitrogens with one attached hydrogen (secondary N) is 1. The van der Waals surface area contributed by atoms with Crippen LogP contribution in [0.25, 0.3) is 0 Å². The van der Waals surface area contributed by atoms with Crippen LogP contribution in [0.15, 0.2) is 0 Å². The van der Waals surface area contributed by atoms with Crippen LogP contribution in [-0.2, 0) is 4.79 Å². The van der Waals surface area contributed by atoms with Gasteiger partial charge >= 0.3 is 0 Å². The number of carbonyl (C=O) groups excluding carboxylic acids is 1. The van der Waals surface area contributed by atoms with Crippen LogP contribution < -0.4 is 5.32 Å². The fourth-order valence-electron chi connectivity index (χ4n) is 3.27. The van der Waals surface area contributed by atoms with E-state index in [-0.39, 0.29) is 0 Å². The van der Waals surface area contributed by atoms with E-state index in [0.29, 0.717) is 18.5 Å².